The number of hydrogen-bond donors (Lipinski definition) is 2. The van der Waals surface area contributed by atoms with E-state index in [4.69, 9.17) is 5.11 Å². The van der Waals surface area contributed by atoms with Crippen molar-refractivity contribution >= 4 is 15.7 Å². The molecule has 1 aromatic rings. The molecule has 11 heteroatoms. The number of nitro groups is 1. The molecular formula is C9H9F3N2O5S. The number of sulfonamides is 1. The van der Waals surface area contributed by atoms with Gasteiger partial charge in [0.2, 0.25) is 15.8 Å². The zero-order valence-corrected chi connectivity index (χ0v) is 10.5. The molecule has 0 saturated carbocycles. The number of rotatable bonds is 6. The van der Waals surface area contributed by atoms with Crippen molar-refractivity contribution in [1.82, 2.24) is 4.72 Å². The third kappa shape index (κ3) is 3.65. The highest BCUT2D eigenvalue weighted by atomic mass is 32.2. The highest BCUT2D eigenvalue weighted by Gasteiger charge is 2.34. The van der Waals surface area contributed by atoms with Crippen LogP contribution in [0.25, 0.3) is 0 Å². The van der Waals surface area contributed by atoms with Gasteiger partial charge < -0.3 is 5.11 Å². The summed E-state index contributed by atoms with van der Waals surface area (Å²) in [5.41, 5.74) is -1.34. The predicted octanol–water partition coefficient (Wildman–Crippen LogP) is 0.640. The van der Waals surface area contributed by atoms with Crippen LogP contribution in [0.1, 0.15) is 0 Å². The lowest BCUT2D eigenvalue weighted by Crippen LogP contribution is -2.39. The van der Waals surface area contributed by atoms with Gasteiger partial charge in [-0.1, -0.05) is 6.07 Å². The average Bonchev–Trinajstić information content (AvgIpc) is 2.36. The van der Waals surface area contributed by atoms with Crippen LogP contribution in [-0.2, 0) is 10.0 Å². The van der Waals surface area contributed by atoms with Crippen LogP contribution in [-0.4, -0.2) is 37.5 Å². The first-order chi connectivity index (χ1) is 9.10. The van der Waals surface area contributed by atoms with Gasteiger partial charge in [-0.05, 0) is 12.1 Å². The van der Waals surface area contributed by atoms with E-state index >= 15 is 0 Å². The van der Waals surface area contributed by atoms with E-state index in [0.717, 1.165) is 6.07 Å². The molecule has 20 heavy (non-hydrogen) atoms. The lowest BCUT2D eigenvalue weighted by atomic mass is 10.3. The quantitative estimate of drug-likeness (QED) is 0.591. The molecule has 2 N–H and O–H groups in total. The highest BCUT2D eigenvalue weighted by molar-refractivity contribution is 7.89. The summed E-state index contributed by atoms with van der Waals surface area (Å²) < 4.78 is 63.5. The number of para-hydroxylation sites is 1. The molecule has 0 bridgehead atoms. The SMILES string of the molecule is O=[N+]([O-])c1c(F)cccc1S(=O)(=O)NCC(F)(F)CO. The first kappa shape index (κ1) is 16.3. The minimum Gasteiger partial charge on any atom is -0.390 e. The largest absolute Gasteiger partial charge is 0.390 e. The minimum atomic E-state index is -4.72. The first-order valence-electron chi connectivity index (χ1n) is 5.02. The van der Waals surface area contributed by atoms with E-state index in [9.17, 15) is 31.7 Å². The van der Waals surface area contributed by atoms with Gasteiger partial charge in [0.15, 0.2) is 4.90 Å². The summed E-state index contributed by atoms with van der Waals surface area (Å²) in [6.45, 7) is -3.08. The van der Waals surface area contributed by atoms with Gasteiger partial charge in [-0.25, -0.2) is 21.9 Å². The molecule has 0 atom stereocenters. The Morgan fingerprint density at radius 1 is 1.40 bits per heavy atom. The fourth-order valence-electron chi connectivity index (χ4n) is 1.22. The molecule has 0 aliphatic heterocycles. The fraction of sp³-hybridized carbons (Fsp3) is 0.333. The van der Waals surface area contributed by atoms with Gasteiger partial charge in [-0.3, -0.25) is 10.1 Å². The van der Waals surface area contributed by atoms with Crippen molar-refractivity contribution in [2.75, 3.05) is 13.2 Å². The van der Waals surface area contributed by atoms with Crippen LogP contribution in [0.2, 0.25) is 0 Å². The number of nitro benzene ring substituents is 1. The van der Waals surface area contributed by atoms with E-state index in [-0.39, 0.29) is 0 Å². The number of nitrogens with one attached hydrogen (secondary N) is 1. The molecule has 1 aromatic carbocycles. The second-order valence-electron chi connectivity index (χ2n) is 3.68. The molecule has 0 unspecified atom stereocenters. The summed E-state index contributed by atoms with van der Waals surface area (Å²) in [5, 5.41) is 18.9. The second-order valence-corrected chi connectivity index (χ2v) is 5.42. The standard InChI is InChI=1S/C9H9F3N2O5S/c10-6-2-1-3-7(8(6)14(16)17)20(18,19)13-4-9(11,12)5-15/h1-3,13,15H,4-5H2. The van der Waals surface area contributed by atoms with Crippen molar-refractivity contribution < 1.29 is 31.6 Å². The van der Waals surface area contributed by atoms with Gasteiger partial charge in [-0.2, -0.15) is 4.39 Å². The van der Waals surface area contributed by atoms with Crippen LogP contribution in [0.3, 0.4) is 0 Å². The van der Waals surface area contributed by atoms with Crippen LogP contribution in [0, 0.1) is 15.9 Å². The van der Waals surface area contributed by atoms with Crippen LogP contribution in [0.4, 0.5) is 18.9 Å². The Morgan fingerprint density at radius 2 is 2.00 bits per heavy atom. The van der Waals surface area contributed by atoms with Crippen LogP contribution >= 0.6 is 0 Å². The molecule has 0 fully saturated rings. The van der Waals surface area contributed by atoms with Gasteiger partial charge >= 0.3 is 5.69 Å². The van der Waals surface area contributed by atoms with E-state index in [1.807, 2.05) is 0 Å². The number of halogens is 3. The Bertz CT molecular complexity index is 620. The Morgan fingerprint density at radius 3 is 2.50 bits per heavy atom. The zero-order valence-electron chi connectivity index (χ0n) is 9.72. The second kappa shape index (κ2) is 5.73. The molecule has 0 aliphatic rings. The number of benzene rings is 1. The van der Waals surface area contributed by atoms with Crippen molar-refractivity contribution in [1.29, 1.82) is 0 Å². The molecule has 1 rings (SSSR count). The van der Waals surface area contributed by atoms with Crippen molar-refractivity contribution in [2.24, 2.45) is 0 Å². The average molecular weight is 314 g/mol. The van der Waals surface area contributed by atoms with E-state index in [2.05, 4.69) is 0 Å². The molecule has 0 amide bonds. The fourth-order valence-corrected chi connectivity index (χ4v) is 2.46. The smallest absolute Gasteiger partial charge is 0.324 e. The van der Waals surface area contributed by atoms with Crippen molar-refractivity contribution in [3.8, 4) is 0 Å². The van der Waals surface area contributed by atoms with E-state index in [1.165, 1.54) is 4.72 Å². The lowest BCUT2D eigenvalue weighted by Gasteiger charge is -2.14. The number of aliphatic hydroxyl groups excluding tert-OH is 1. The minimum absolute atomic E-state index is 0.666. The maximum Gasteiger partial charge on any atom is 0.324 e. The summed E-state index contributed by atoms with van der Waals surface area (Å²) in [6, 6.07) is 2.27. The van der Waals surface area contributed by atoms with Crippen LogP contribution in [0.15, 0.2) is 23.1 Å². The third-order valence-electron chi connectivity index (χ3n) is 2.17. The van der Waals surface area contributed by atoms with Gasteiger partial charge in [0.05, 0.1) is 11.5 Å². The summed E-state index contributed by atoms with van der Waals surface area (Å²) in [5.74, 6) is -5.15. The third-order valence-corrected chi connectivity index (χ3v) is 3.61. The van der Waals surface area contributed by atoms with Gasteiger partial charge in [0, 0.05) is 0 Å². The van der Waals surface area contributed by atoms with Crippen molar-refractivity contribution in [3.05, 3.63) is 34.1 Å². The van der Waals surface area contributed by atoms with Crippen LogP contribution in [0.5, 0.6) is 0 Å². The molecule has 112 valence electrons. The summed E-state index contributed by atoms with van der Waals surface area (Å²) in [6.07, 6.45) is 0. The number of hydrogen-bond acceptors (Lipinski definition) is 5. The lowest BCUT2D eigenvalue weighted by molar-refractivity contribution is -0.390. The maximum atomic E-state index is 13.2. The molecule has 0 aliphatic carbocycles. The first-order valence-corrected chi connectivity index (χ1v) is 6.50. The summed E-state index contributed by atoms with van der Waals surface area (Å²) >= 11 is 0. The summed E-state index contributed by atoms with van der Waals surface area (Å²) in [4.78, 5) is 8.29. The van der Waals surface area contributed by atoms with Gasteiger partial charge in [0.25, 0.3) is 5.92 Å². The molecule has 0 saturated heterocycles. The topological polar surface area (TPSA) is 110 Å². The normalized spacial score (nSPS) is 12.4. The van der Waals surface area contributed by atoms with E-state index in [1.54, 1.807) is 0 Å². The Kier molecular flexibility index (Phi) is 4.68. The number of aliphatic hydroxyl groups is 1. The summed E-state index contributed by atoms with van der Waals surface area (Å²) in [7, 11) is -4.72. The molecule has 0 aromatic heterocycles. The molecular weight excluding hydrogens is 305 g/mol. The van der Waals surface area contributed by atoms with Gasteiger partial charge in [-0.15, -0.1) is 0 Å². The molecule has 0 heterocycles. The zero-order chi connectivity index (χ0) is 15.6. The molecule has 7 nitrogen and oxygen atoms in total. The van der Waals surface area contributed by atoms with Crippen molar-refractivity contribution in [3.63, 3.8) is 0 Å². The Hall–Kier alpha value is -1.72. The van der Waals surface area contributed by atoms with E-state index in [0.29, 0.717) is 12.1 Å². The Labute approximate surface area is 111 Å². The monoisotopic (exact) mass is 314 g/mol. The van der Waals surface area contributed by atoms with E-state index < -0.39 is 50.4 Å². The molecule has 0 spiro atoms. The molecule has 0 radical (unpaired) electrons. The van der Waals surface area contributed by atoms with Crippen LogP contribution < -0.4 is 4.72 Å². The number of nitrogens with zero attached hydrogens (tertiary/aromatic N) is 1. The van der Waals surface area contributed by atoms with Crippen molar-refractivity contribution in [2.45, 2.75) is 10.8 Å². The highest BCUT2D eigenvalue weighted by Crippen LogP contribution is 2.26. The number of alkyl halides is 2. The maximum absolute atomic E-state index is 13.2. The Balaban J connectivity index is 3.17. The predicted molar refractivity (Wildman–Crippen MR) is 60.3 cm³/mol. The van der Waals surface area contributed by atoms with Gasteiger partial charge in [0.1, 0.15) is 6.61 Å².